The molecule has 4 heteroatoms. The minimum atomic E-state index is -0.684. The van der Waals surface area contributed by atoms with Crippen LogP contribution in [-0.4, -0.2) is 12.5 Å². The fraction of sp³-hybridized carbons (Fsp3) is 0.125. The van der Waals surface area contributed by atoms with Gasteiger partial charge in [-0.3, -0.25) is 4.79 Å². The molecule has 0 bridgehead atoms. The first-order valence-corrected chi connectivity index (χ1v) is 4.39. The van der Waals surface area contributed by atoms with Crippen LogP contribution >= 0.6 is 11.8 Å². The zero-order chi connectivity index (χ0) is 9.14. The van der Waals surface area contributed by atoms with Crippen LogP contribution in [0.15, 0.2) is 17.0 Å². The second kappa shape index (κ2) is 3.67. The lowest BCUT2D eigenvalue weighted by molar-refractivity contribution is 0.111. The Bertz CT molecular complexity index is 312. The van der Waals surface area contributed by atoms with E-state index in [1.807, 2.05) is 0 Å². The number of hydrogen-bond acceptors (Lipinski definition) is 2. The SMILES string of the molecule is CSc1cc(F)c(C=O)cc1F. The van der Waals surface area contributed by atoms with Crippen LogP contribution in [0, 0.1) is 11.6 Å². The first-order valence-electron chi connectivity index (χ1n) is 3.17. The number of aldehydes is 1. The van der Waals surface area contributed by atoms with E-state index in [0.717, 1.165) is 23.9 Å². The number of benzene rings is 1. The van der Waals surface area contributed by atoms with E-state index in [2.05, 4.69) is 0 Å². The van der Waals surface area contributed by atoms with E-state index in [4.69, 9.17) is 0 Å². The van der Waals surface area contributed by atoms with E-state index in [9.17, 15) is 13.6 Å². The van der Waals surface area contributed by atoms with Crippen molar-refractivity contribution in [1.29, 1.82) is 0 Å². The fourth-order valence-corrected chi connectivity index (χ4v) is 1.27. The molecule has 0 N–H and O–H groups in total. The van der Waals surface area contributed by atoms with Crippen LogP contribution in [0.1, 0.15) is 10.4 Å². The molecule has 0 atom stereocenters. The van der Waals surface area contributed by atoms with Crippen molar-refractivity contribution < 1.29 is 13.6 Å². The minimum Gasteiger partial charge on any atom is -0.298 e. The third-order valence-electron chi connectivity index (χ3n) is 1.40. The molecule has 0 heterocycles. The Kier molecular flexibility index (Phi) is 2.81. The summed E-state index contributed by atoms with van der Waals surface area (Å²) in [4.78, 5) is 10.4. The van der Waals surface area contributed by atoms with E-state index in [1.165, 1.54) is 0 Å². The molecule has 0 saturated heterocycles. The van der Waals surface area contributed by atoms with Gasteiger partial charge in [0.05, 0.1) is 5.56 Å². The molecule has 0 radical (unpaired) electrons. The topological polar surface area (TPSA) is 17.1 Å². The van der Waals surface area contributed by atoms with Crippen molar-refractivity contribution in [1.82, 2.24) is 0 Å². The quantitative estimate of drug-likeness (QED) is 0.524. The van der Waals surface area contributed by atoms with E-state index in [0.29, 0.717) is 6.29 Å². The molecule has 0 saturated carbocycles. The molecule has 0 fully saturated rings. The smallest absolute Gasteiger partial charge is 0.153 e. The monoisotopic (exact) mass is 188 g/mol. The average molecular weight is 188 g/mol. The molecule has 1 rings (SSSR count). The van der Waals surface area contributed by atoms with Gasteiger partial charge in [-0.05, 0) is 18.4 Å². The van der Waals surface area contributed by atoms with Gasteiger partial charge in [-0.1, -0.05) is 0 Å². The number of halogens is 2. The van der Waals surface area contributed by atoms with Gasteiger partial charge in [0.25, 0.3) is 0 Å². The highest BCUT2D eigenvalue weighted by Gasteiger charge is 2.07. The average Bonchev–Trinajstić information content (AvgIpc) is 2.08. The minimum absolute atomic E-state index is 0.207. The van der Waals surface area contributed by atoms with Gasteiger partial charge >= 0.3 is 0 Å². The number of hydrogen-bond donors (Lipinski definition) is 0. The van der Waals surface area contributed by atoms with Crippen molar-refractivity contribution in [2.24, 2.45) is 0 Å². The standard InChI is InChI=1S/C8H6F2OS/c1-12-8-3-6(9)5(4-11)2-7(8)10/h2-4H,1H3. The van der Waals surface area contributed by atoms with Gasteiger partial charge in [-0.2, -0.15) is 0 Å². The molecule has 0 aromatic heterocycles. The van der Waals surface area contributed by atoms with Gasteiger partial charge in [-0.15, -0.1) is 11.8 Å². The predicted octanol–water partition coefficient (Wildman–Crippen LogP) is 2.50. The zero-order valence-electron chi connectivity index (χ0n) is 6.30. The van der Waals surface area contributed by atoms with E-state index < -0.39 is 11.6 Å². The van der Waals surface area contributed by atoms with E-state index >= 15 is 0 Å². The Morgan fingerprint density at radius 3 is 2.50 bits per heavy atom. The molecule has 1 nitrogen and oxygen atoms in total. The van der Waals surface area contributed by atoms with Gasteiger partial charge in [0.2, 0.25) is 0 Å². The summed E-state index contributed by atoms with van der Waals surface area (Å²) in [5.74, 6) is -1.25. The van der Waals surface area contributed by atoms with Crippen LogP contribution in [0.3, 0.4) is 0 Å². The van der Waals surface area contributed by atoms with Crippen molar-refractivity contribution in [2.75, 3.05) is 6.26 Å². The molecule has 64 valence electrons. The lowest BCUT2D eigenvalue weighted by Gasteiger charge is -2.00. The Morgan fingerprint density at radius 2 is 2.00 bits per heavy atom. The molecule has 1 aromatic rings. The van der Waals surface area contributed by atoms with Crippen molar-refractivity contribution >= 4 is 18.0 Å². The lowest BCUT2D eigenvalue weighted by Crippen LogP contribution is -1.91. The second-order valence-corrected chi connectivity index (χ2v) is 2.97. The number of thioether (sulfide) groups is 1. The molecule has 12 heavy (non-hydrogen) atoms. The highest BCUT2D eigenvalue weighted by Crippen LogP contribution is 2.21. The van der Waals surface area contributed by atoms with Crippen LogP contribution in [0.4, 0.5) is 8.78 Å². The number of carbonyl (C=O) groups excluding carboxylic acids is 1. The largest absolute Gasteiger partial charge is 0.298 e. The molecule has 0 unspecified atom stereocenters. The first-order chi connectivity index (χ1) is 5.69. The number of carbonyl (C=O) groups is 1. The normalized spacial score (nSPS) is 9.92. The third kappa shape index (κ3) is 1.64. The van der Waals surface area contributed by atoms with Crippen molar-refractivity contribution in [3.63, 3.8) is 0 Å². The van der Waals surface area contributed by atoms with Crippen molar-refractivity contribution in [2.45, 2.75) is 4.90 Å². The predicted molar refractivity (Wildman–Crippen MR) is 43.5 cm³/mol. The molecule has 0 aliphatic heterocycles. The Morgan fingerprint density at radius 1 is 1.33 bits per heavy atom. The maximum Gasteiger partial charge on any atom is 0.153 e. The maximum absolute atomic E-state index is 12.9. The highest BCUT2D eigenvalue weighted by atomic mass is 32.2. The summed E-state index contributed by atoms with van der Waals surface area (Å²) >= 11 is 1.10. The summed E-state index contributed by atoms with van der Waals surface area (Å²) in [6.45, 7) is 0. The maximum atomic E-state index is 12.9. The molecule has 0 aliphatic rings. The van der Waals surface area contributed by atoms with Gasteiger partial charge in [0, 0.05) is 4.90 Å². The van der Waals surface area contributed by atoms with Crippen LogP contribution in [0.25, 0.3) is 0 Å². The molecule has 0 spiro atoms. The van der Waals surface area contributed by atoms with Gasteiger partial charge in [0.15, 0.2) is 6.29 Å². The Labute approximate surface area is 72.8 Å². The van der Waals surface area contributed by atoms with Gasteiger partial charge < -0.3 is 0 Å². The molecular formula is C8H6F2OS. The fourth-order valence-electron chi connectivity index (χ4n) is 0.791. The van der Waals surface area contributed by atoms with Crippen LogP contribution < -0.4 is 0 Å². The summed E-state index contributed by atoms with van der Waals surface area (Å²) < 4.78 is 25.7. The van der Waals surface area contributed by atoms with Crippen molar-refractivity contribution in [3.8, 4) is 0 Å². The highest BCUT2D eigenvalue weighted by molar-refractivity contribution is 7.98. The summed E-state index contributed by atoms with van der Waals surface area (Å²) in [7, 11) is 0. The van der Waals surface area contributed by atoms with Crippen LogP contribution in [-0.2, 0) is 0 Å². The molecule has 0 amide bonds. The summed E-state index contributed by atoms with van der Waals surface area (Å²) in [6, 6.07) is 1.91. The zero-order valence-corrected chi connectivity index (χ0v) is 7.12. The third-order valence-corrected chi connectivity index (χ3v) is 2.15. The molecule has 0 aliphatic carbocycles. The molecular weight excluding hydrogens is 182 g/mol. The number of rotatable bonds is 2. The summed E-state index contributed by atoms with van der Waals surface area (Å²) in [5, 5.41) is 0. The van der Waals surface area contributed by atoms with Gasteiger partial charge in [-0.25, -0.2) is 8.78 Å². The molecule has 1 aromatic carbocycles. The van der Waals surface area contributed by atoms with Crippen LogP contribution in [0.2, 0.25) is 0 Å². The van der Waals surface area contributed by atoms with E-state index in [-0.39, 0.29) is 10.5 Å². The summed E-state index contributed by atoms with van der Waals surface area (Å²) in [6.07, 6.45) is 1.93. The van der Waals surface area contributed by atoms with Crippen LogP contribution in [0.5, 0.6) is 0 Å². The second-order valence-electron chi connectivity index (χ2n) is 2.13. The van der Waals surface area contributed by atoms with Gasteiger partial charge in [0.1, 0.15) is 11.6 Å². The Hall–Kier alpha value is -0.900. The van der Waals surface area contributed by atoms with Crippen molar-refractivity contribution in [3.05, 3.63) is 29.3 Å². The van der Waals surface area contributed by atoms with E-state index in [1.54, 1.807) is 6.26 Å². The Balaban J connectivity index is 3.25. The summed E-state index contributed by atoms with van der Waals surface area (Å²) in [5.41, 5.74) is -0.245. The lowest BCUT2D eigenvalue weighted by atomic mass is 10.2. The first kappa shape index (κ1) is 9.19.